The zero-order valence-corrected chi connectivity index (χ0v) is 12.3. The van der Waals surface area contributed by atoms with Gasteiger partial charge >= 0.3 is 7.12 Å². The van der Waals surface area contributed by atoms with Crippen molar-refractivity contribution in [1.82, 2.24) is 0 Å². The highest BCUT2D eigenvalue weighted by Gasteiger charge is 2.42. The third-order valence-electron chi connectivity index (χ3n) is 4.28. The van der Waals surface area contributed by atoms with Crippen molar-refractivity contribution in [2.45, 2.75) is 37.8 Å². The molecule has 0 bridgehead atoms. The van der Waals surface area contributed by atoms with Crippen LogP contribution in [-0.2, 0) is 0 Å². The summed E-state index contributed by atoms with van der Waals surface area (Å²) in [6, 6.07) is 6.97. The van der Waals surface area contributed by atoms with Gasteiger partial charge in [-0.25, -0.2) is 4.99 Å². The van der Waals surface area contributed by atoms with Crippen LogP contribution in [0.25, 0.3) is 0 Å². The molecule has 1 aromatic carbocycles. The Morgan fingerprint density at radius 3 is 2.55 bits per heavy atom. The van der Waals surface area contributed by atoms with E-state index in [2.05, 4.69) is 9.98 Å². The fourth-order valence-electron chi connectivity index (χ4n) is 3.32. The van der Waals surface area contributed by atoms with E-state index in [1.807, 2.05) is 11.0 Å². The highest BCUT2D eigenvalue weighted by Crippen LogP contribution is 2.39. The zero-order valence-electron chi connectivity index (χ0n) is 12.3. The lowest BCUT2D eigenvalue weighted by Gasteiger charge is -2.45. The number of hydrogen-bond donors (Lipinski definition) is 4. The van der Waals surface area contributed by atoms with Gasteiger partial charge in [0.25, 0.3) is 0 Å². The van der Waals surface area contributed by atoms with Crippen molar-refractivity contribution >= 4 is 30.2 Å². The molecule has 0 aromatic heterocycles. The summed E-state index contributed by atoms with van der Waals surface area (Å²) in [4.78, 5) is 10.5. The van der Waals surface area contributed by atoms with Gasteiger partial charge in [-0.15, -0.1) is 0 Å². The van der Waals surface area contributed by atoms with Crippen molar-refractivity contribution < 1.29 is 10.0 Å². The summed E-state index contributed by atoms with van der Waals surface area (Å²) in [6.45, 7) is 0. The molecule has 7 nitrogen and oxygen atoms in total. The first-order valence-electron chi connectivity index (χ1n) is 7.48. The van der Waals surface area contributed by atoms with Gasteiger partial charge in [-0.3, -0.25) is 4.90 Å². The van der Waals surface area contributed by atoms with Crippen LogP contribution in [0.15, 0.2) is 34.3 Å². The summed E-state index contributed by atoms with van der Waals surface area (Å²) < 4.78 is 0. The van der Waals surface area contributed by atoms with Gasteiger partial charge in [0.05, 0.1) is 0 Å². The van der Waals surface area contributed by atoms with Crippen LogP contribution in [0.1, 0.15) is 32.1 Å². The van der Waals surface area contributed by atoms with Crippen LogP contribution >= 0.6 is 0 Å². The smallest absolute Gasteiger partial charge is 0.423 e. The van der Waals surface area contributed by atoms with Gasteiger partial charge in [0.1, 0.15) is 5.66 Å². The fraction of sp³-hybridized carbons (Fsp3) is 0.429. The van der Waals surface area contributed by atoms with Crippen molar-refractivity contribution in [3.8, 4) is 0 Å². The number of anilines is 1. The molecule has 0 radical (unpaired) electrons. The summed E-state index contributed by atoms with van der Waals surface area (Å²) >= 11 is 0. The van der Waals surface area contributed by atoms with Gasteiger partial charge in [0, 0.05) is 5.69 Å². The van der Waals surface area contributed by atoms with Crippen molar-refractivity contribution in [2.24, 2.45) is 21.5 Å². The standard InChI is InChI=1S/C14H20BN5O2/c16-12-18-13(17)20(14(19-12)7-2-1-3-8-14)11-6-4-5-10(9-11)15(21)22/h4-6,9,21-22H,1-3,7-8H2,(H4,16,17,18,19). The van der Waals surface area contributed by atoms with Crippen molar-refractivity contribution in [3.63, 3.8) is 0 Å². The Labute approximate surface area is 129 Å². The molecule has 0 unspecified atom stereocenters. The molecule has 0 saturated heterocycles. The summed E-state index contributed by atoms with van der Waals surface area (Å²) in [7, 11) is -1.53. The van der Waals surface area contributed by atoms with Gasteiger partial charge < -0.3 is 21.5 Å². The lowest BCUT2D eigenvalue weighted by atomic mass is 9.80. The Hall–Kier alpha value is -2.06. The number of nitrogens with two attached hydrogens (primary N) is 2. The molecular weight excluding hydrogens is 281 g/mol. The van der Waals surface area contributed by atoms with E-state index in [9.17, 15) is 10.0 Å². The van der Waals surface area contributed by atoms with E-state index in [0.717, 1.165) is 37.8 Å². The molecule has 1 aliphatic carbocycles. The molecule has 0 amide bonds. The van der Waals surface area contributed by atoms with Crippen LogP contribution in [0, 0.1) is 0 Å². The number of aliphatic imine (C=N–C) groups is 2. The molecule has 3 rings (SSSR count). The Balaban J connectivity index is 2.06. The van der Waals surface area contributed by atoms with Crippen molar-refractivity contribution in [3.05, 3.63) is 24.3 Å². The Bertz CT molecular complexity index is 625. The SMILES string of the molecule is NC1=NC2(CCCCC2)N(c2cccc(B(O)O)c2)C(N)=N1. The average molecular weight is 301 g/mol. The Morgan fingerprint density at radius 1 is 1.14 bits per heavy atom. The summed E-state index contributed by atoms with van der Waals surface area (Å²) in [5.74, 6) is 0.493. The molecule has 1 spiro atoms. The van der Waals surface area contributed by atoms with Crippen LogP contribution in [0.3, 0.4) is 0 Å². The van der Waals surface area contributed by atoms with Gasteiger partial charge in [0.2, 0.25) is 11.9 Å². The maximum absolute atomic E-state index is 9.38. The third kappa shape index (κ3) is 2.55. The first-order valence-corrected chi connectivity index (χ1v) is 7.48. The number of guanidine groups is 2. The number of benzene rings is 1. The van der Waals surface area contributed by atoms with Crippen LogP contribution in [0.2, 0.25) is 0 Å². The average Bonchev–Trinajstić information content (AvgIpc) is 2.47. The van der Waals surface area contributed by atoms with Crippen LogP contribution in [0.4, 0.5) is 5.69 Å². The minimum Gasteiger partial charge on any atom is -0.423 e. The summed E-state index contributed by atoms with van der Waals surface area (Å²) in [5.41, 5.74) is 12.6. The number of rotatable bonds is 2. The first kappa shape index (κ1) is 14.9. The highest BCUT2D eigenvalue weighted by atomic mass is 16.4. The molecule has 1 aromatic rings. The minimum absolute atomic E-state index is 0.203. The fourth-order valence-corrected chi connectivity index (χ4v) is 3.32. The van der Waals surface area contributed by atoms with E-state index in [4.69, 9.17) is 11.5 Å². The molecule has 1 saturated carbocycles. The van der Waals surface area contributed by atoms with Crippen molar-refractivity contribution in [2.75, 3.05) is 4.90 Å². The van der Waals surface area contributed by atoms with Gasteiger partial charge in [0.15, 0.2) is 0 Å². The van der Waals surface area contributed by atoms with Gasteiger partial charge in [-0.1, -0.05) is 18.6 Å². The lowest BCUT2D eigenvalue weighted by Crippen LogP contribution is -2.58. The van der Waals surface area contributed by atoms with Crippen LogP contribution in [0.5, 0.6) is 0 Å². The monoisotopic (exact) mass is 301 g/mol. The molecule has 116 valence electrons. The molecule has 2 aliphatic rings. The molecule has 1 aliphatic heterocycles. The first-order chi connectivity index (χ1) is 10.5. The number of nitrogens with zero attached hydrogens (tertiary/aromatic N) is 3. The predicted molar refractivity (Wildman–Crippen MR) is 87.8 cm³/mol. The summed E-state index contributed by atoms with van der Waals surface area (Å²) in [5, 5.41) is 18.8. The normalized spacial score (nSPS) is 20.5. The van der Waals surface area contributed by atoms with E-state index in [1.165, 1.54) is 0 Å². The van der Waals surface area contributed by atoms with Crippen LogP contribution < -0.4 is 21.8 Å². The Kier molecular flexibility index (Phi) is 3.80. The minimum atomic E-state index is -1.53. The predicted octanol–water partition coefficient (Wildman–Crippen LogP) is -0.524. The quantitative estimate of drug-likeness (QED) is 0.548. The van der Waals surface area contributed by atoms with E-state index in [-0.39, 0.29) is 5.96 Å². The molecule has 6 N–H and O–H groups in total. The van der Waals surface area contributed by atoms with Crippen molar-refractivity contribution in [1.29, 1.82) is 0 Å². The number of hydrogen-bond acceptors (Lipinski definition) is 7. The topological polar surface area (TPSA) is 120 Å². The summed E-state index contributed by atoms with van der Waals surface area (Å²) in [6.07, 6.45) is 4.94. The zero-order chi connectivity index (χ0) is 15.7. The maximum atomic E-state index is 9.38. The third-order valence-corrected chi connectivity index (χ3v) is 4.28. The largest absolute Gasteiger partial charge is 0.488 e. The van der Waals surface area contributed by atoms with Crippen LogP contribution in [-0.4, -0.2) is 34.7 Å². The van der Waals surface area contributed by atoms with E-state index in [1.54, 1.807) is 18.2 Å². The molecule has 0 atom stereocenters. The van der Waals surface area contributed by atoms with E-state index >= 15 is 0 Å². The molecule has 1 heterocycles. The molecule has 1 fully saturated rings. The molecular formula is C14H20BN5O2. The molecule has 22 heavy (non-hydrogen) atoms. The van der Waals surface area contributed by atoms with E-state index in [0.29, 0.717) is 11.4 Å². The highest BCUT2D eigenvalue weighted by molar-refractivity contribution is 6.58. The van der Waals surface area contributed by atoms with Gasteiger partial charge in [-0.05, 0) is 43.3 Å². The second-order valence-electron chi connectivity index (χ2n) is 5.79. The lowest BCUT2D eigenvalue weighted by molar-refractivity contribution is 0.305. The molecule has 8 heteroatoms. The Morgan fingerprint density at radius 2 is 1.86 bits per heavy atom. The maximum Gasteiger partial charge on any atom is 0.488 e. The second kappa shape index (κ2) is 5.62. The second-order valence-corrected chi connectivity index (χ2v) is 5.79. The van der Waals surface area contributed by atoms with Gasteiger partial charge in [-0.2, -0.15) is 4.99 Å². The van der Waals surface area contributed by atoms with E-state index < -0.39 is 12.8 Å².